The van der Waals surface area contributed by atoms with E-state index in [1.54, 1.807) is 26.0 Å². The molecule has 0 bridgehead atoms. The molecule has 0 radical (unpaired) electrons. The lowest BCUT2D eigenvalue weighted by Gasteiger charge is -2.39. The number of hydrogen-bond acceptors (Lipinski definition) is 10. The number of esters is 2. The minimum Gasteiger partial charge on any atom is -0.458 e. The number of carbonyl (C=O) groups is 2. The third-order valence-corrected chi connectivity index (χ3v) is 11.2. The van der Waals surface area contributed by atoms with Crippen molar-refractivity contribution in [1.29, 1.82) is 0 Å². The molecular weight excluding hydrogens is 749 g/mol. The zero-order chi connectivity index (χ0) is 43.9. The van der Waals surface area contributed by atoms with Crippen LogP contribution in [0.4, 0.5) is 0 Å². The molecule has 0 amide bonds. The molecule has 0 aromatic carbocycles. The highest BCUT2D eigenvalue weighted by atomic mass is 16.7. The first kappa shape index (κ1) is 49.5. The molecule has 4 N–H and O–H groups in total. The predicted molar refractivity (Wildman–Crippen MR) is 233 cm³/mol. The molecule has 2 aliphatic carbocycles. The summed E-state index contributed by atoms with van der Waals surface area (Å²) in [5, 5.41) is 40.3. The lowest BCUT2D eigenvalue weighted by Crippen LogP contribution is -2.59. The lowest BCUT2D eigenvalue weighted by molar-refractivity contribution is -0.305. The summed E-state index contributed by atoms with van der Waals surface area (Å²) >= 11 is 0. The van der Waals surface area contributed by atoms with E-state index in [2.05, 4.69) is 65.8 Å². The van der Waals surface area contributed by atoms with Gasteiger partial charge < -0.3 is 39.4 Å². The van der Waals surface area contributed by atoms with E-state index in [0.29, 0.717) is 11.1 Å². The first-order valence-electron chi connectivity index (χ1n) is 20.9. The van der Waals surface area contributed by atoms with Crippen LogP contribution in [0.5, 0.6) is 0 Å². The highest BCUT2D eigenvalue weighted by Gasteiger charge is 2.44. The molecule has 0 aromatic heterocycles. The van der Waals surface area contributed by atoms with Crippen molar-refractivity contribution in [2.24, 2.45) is 10.8 Å². The summed E-state index contributed by atoms with van der Waals surface area (Å²) in [5.41, 5.74) is 9.29. The van der Waals surface area contributed by atoms with Gasteiger partial charge in [0.05, 0.1) is 13.2 Å². The number of rotatable bonds is 17. The Morgan fingerprint density at radius 1 is 0.712 bits per heavy atom. The van der Waals surface area contributed by atoms with Crippen molar-refractivity contribution in [3.63, 3.8) is 0 Å². The Labute approximate surface area is 352 Å². The Bertz CT molecular complexity index is 1770. The number of allylic oxidation sites excluding steroid dienone is 18. The monoisotopic (exact) mass is 818 g/mol. The molecule has 1 saturated heterocycles. The maximum absolute atomic E-state index is 13.0. The Morgan fingerprint density at radius 2 is 1.20 bits per heavy atom. The summed E-state index contributed by atoms with van der Waals surface area (Å²) in [5.74, 6) is -1.40. The topological polar surface area (TPSA) is 152 Å². The smallest absolute Gasteiger partial charge is 0.331 e. The van der Waals surface area contributed by atoms with Gasteiger partial charge in [0.25, 0.3) is 0 Å². The van der Waals surface area contributed by atoms with Gasteiger partial charge in [0.2, 0.25) is 0 Å². The molecule has 0 saturated carbocycles. The van der Waals surface area contributed by atoms with E-state index >= 15 is 0 Å². The van der Waals surface area contributed by atoms with Gasteiger partial charge in [-0.05, 0) is 113 Å². The normalized spacial score (nSPS) is 26.8. The van der Waals surface area contributed by atoms with Crippen molar-refractivity contribution in [1.82, 2.24) is 0 Å². The molecule has 0 aromatic rings. The van der Waals surface area contributed by atoms with Crippen LogP contribution in [-0.2, 0) is 28.5 Å². The molecular formula is C49H70O10. The second-order valence-corrected chi connectivity index (χ2v) is 17.6. The van der Waals surface area contributed by atoms with Crippen LogP contribution >= 0.6 is 0 Å². The molecule has 10 nitrogen and oxygen atoms in total. The van der Waals surface area contributed by atoms with Gasteiger partial charge in [0, 0.05) is 12.2 Å². The molecule has 3 aliphatic rings. The van der Waals surface area contributed by atoms with E-state index in [9.17, 15) is 30.0 Å². The fourth-order valence-electron chi connectivity index (χ4n) is 7.67. The minimum atomic E-state index is -1.66. The van der Waals surface area contributed by atoms with Gasteiger partial charge in [-0.1, -0.05) is 111 Å². The second kappa shape index (κ2) is 23.2. The van der Waals surface area contributed by atoms with Gasteiger partial charge in [0.15, 0.2) is 12.4 Å². The Hall–Kier alpha value is -3.90. The van der Waals surface area contributed by atoms with E-state index in [0.717, 1.165) is 30.4 Å². The van der Waals surface area contributed by atoms with Gasteiger partial charge in [-0.25, -0.2) is 9.59 Å². The molecule has 59 heavy (non-hydrogen) atoms. The number of ether oxygens (including phenoxy) is 4. The Balaban J connectivity index is 1.66. The van der Waals surface area contributed by atoms with Gasteiger partial charge in [-0.15, -0.1) is 0 Å². The minimum absolute atomic E-state index is 0.149. The number of aliphatic hydroxyl groups excluding tert-OH is 4. The molecule has 3 unspecified atom stereocenters. The summed E-state index contributed by atoms with van der Waals surface area (Å²) in [4.78, 5) is 25.9. The van der Waals surface area contributed by atoms with Crippen molar-refractivity contribution >= 4 is 11.9 Å². The largest absolute Gasteiger partial charge is 0.458 e. The average molecular weight is 819 g/mol. The maximum Gasteiger partial charge on any atom is 0.331 e. The fraction of sp³-hybridized carbons (Fsp3) is 0.551. The molecule has 10 heteroatoms. The summed E-state index contributed by atoms with van der Waals surface area (Å²) in [6.45, 7) is 19.7. The molecule has 6 atom stereocenters. The van der Waals surface area contributed by atoms with Crippen molar-refractivity contribution in [3.8, 4) is 0 Å². The van der Waals surface area contributed by atoms with Crippen molar-refractivity contribution < 1.29 is 49.0 Å². The third-order valence-electron chi connectivity index (χ3n) is 11.2. The maximum atomic E-state index is 13.0. The van der Waals surface area contributed by atoms with Crippen LogP contribution in [0.2, 0.25) is 0 Å². The Morgan fingerprint density at radius 3 is 1.68 bits per heavy atom. The SMILES string of the molecule is CC1=C(/C=C/C(C)=C/C=C/C(C)=C/C(=O)OCC(CO[C@@H]2OC(CO)[C@H](O)[C@H](O)C2O)OC(=O)/C=C(C)/C=C/C=C(C)/C=C/C2=C(C)CCCC2(C)C)C(C)(C)CCC1. The van der Waals surface area contributed by atoms with Gasteiger partial charge in [-0.2, -0.15) is 0 Å². The van der Waals surface area contributed by atoms with Gasteiger partial charge in [-0.3, -0.25) is 0 Å². The number of hydrogen-bond donors (Lipinski definition) is 4. The highest BCUT2D eigenvalue weighted by Crippen LogP contribution is 2.42. The van der Waals surface area contributed by atoms with Crippen molar-refractivity contribution in [2.75, 3.05) is 19.8 Å². The zero-order valence-corrected chi connectivity index (χ0v) is 37.0. The van der Waals surface area contributed by atoms with Crippen LogP contribution in [0.1, 0.15) is 108 Å². The van der Waals surface area contributed by atoms with Crippen LogP contribution < -0.4 is 0 Å². The second-order valence-electron chi connectivity index (χ2n) is 17.6. The molecule has 326 valence electrons. The average Bonchev–Trinajstić information content (AvgIpc) is 3.14. The number of aliphatic hydroxyl groups is 4. The zero-order valence-electron chi connectivity index (χ0n) is 37.0. The first-order chi connectivity index (χ1) is 27.7. The molecule has 3 rings (SSSR count). The molecule has 1 aliphatic heterocycles. The van der Waals surface area contributed by atoms with Gasteiger partial charge in [0.1, 0.15) is 31.0 Å². The van der Waals surface area contributed by atoms with E-state index in [1.807, 2.05) is 38.2 Å². The highest BCUT2D eigenvalue weighted by molar-refractivity contribution is 5.84. The van der Waals surface area contributed by atoms with Crippen LogP contribution in [0.15, 0.2) is 117 Å². The van der Waals surface area contributed by atoms with E-state index < -0.39 is 68.6 Å². The third kappa shape index (κ3) is 15.9. The van der Waals surface area contributed by atoms with Crippen molar-refractivity contribution in [2.45, 2.75) is 145 Å². The van der Waals surface area contributed by atoms with E-state index in [-0.39, 0.29) is 10.8 Å². The van der Waals surface area contributed by atoms with E-state index in [4.69, 9.17) is 18.9 Å². The molecule has 1 heterocycles. The molecule has 0 spiro atoms. The summed E-state index contributed by atoms with van der Waals surface area (Å²) < 4.78 is 22.1. The number of carbonyl (C=O) groups excluding carboxylic acids is 2. The standard InChI is InChI=1S/C49H70O10/c1-32(21-23-39-36(5)19-13-25-48(39,7)8)15-11-17-34(3)27-42(51)56-30-38(31-57-47-46(55)45(54)44(53)41(29-50)59-47)58-43(52)28-35(4)18-12-16-33(2)22-24-40-37(6)20-14-26-49(40,9)10/h11-12,15-18,21-24,27-28,38,41,44-47,50,53-55H,13-14,19-20,25-26,29-31H2,1-10H3/b17-11+,18-12+,23-21+,24-22+,32-15+,33-16+,34-27+,35-28+/t38?,41?,44-,45-,46?,47+/m0/s1. The quantitative estimate of drug-likeness (QED) is 0.0641. The van der Waals surface area contributed by atoms with Crippen LogP contribution in [0, 0.1) is 10.8 Å². The Kier molecular flexibility index (Phi) is 19.4. The van der Waals surface area contributed by atoms with Crippen LogP contribution in [-0.4, -0.2) is 89.0 Å². The predicted octanol–water partition coefficient (Wildman–Crippen LogP) is 8.32. The summed E-state index contributed by atoms with van der Waals surface area (Å²) in [7, 11) is 0. The fourth-order valence-corrected chi connectivity index (χ4v) is 7.67. The van der Waals surface area contributed by atoms with Crippen LogP contribution in [0.25, 0.3) is 0 Å². The summed E-state index contributed by atoms with van der Waals surface area (Å²) in [6.07, 6.45) is 20.8. The van der Waals surface area contributed by atoms with Crippen LogP contribution in [0.3, 0.4) is 0 Å². The van der Waals surface area contributed by atoms with Crippen molar-refractivity contribution in [3.05, 3.63) is 117 Å². The lowest BCUT2D eigenvalue weighted by atomic mass is 9.72. The van der Waals surface area contributed by atoms with Gasteiger partial charge >= 0.3 is 11.9 Å². The molecule has 1 fully saturated rings. The van der Waals surface area contributed by atoms with E-state index in [1.165, 1.54) is 53.7 Å². The first-order valence-corrected chi connectivity index (χ1v) is 20.9. The summed E-state index contributed by atoms with van der Waals surface area (Å²) in [6, 6.07) is 0.